The Morgan fingerprint density at radius 3 is 2.88 bits per heavy atom. The highest BCUT2D eigenvalue weighted by molar-refractivity contribution is 5.65. The van der Waals surface area contributed by atoms with Crippen LogP contribution < -0.4 is 16.4 Å². The molecule has 0 amide bonds. The summed E-state index contributed by atoms with van der Waals surface area (Å²) in [6.07, 6.45) is 1.88. The Morgan fingerprint density at radius 2 is 2.35 bits per heavy atom. The maximum absolute atomic E-state index is 9.17. The Kier molecular flexibility index (Phi) is 3.20. The van der Waals surface area contributed by atoms with Gasteiger partial charge in [-0.1, -0.05) is 6.92 Å². The van der Waals surface area contributed by atoms with E-state index >= 15 is 0 Å². The Balaban J connectivity index is 2.33. The van der Waals surface area contributed by atoms with E-state index in [1.807, 2.05) is 4.90 Å². The molecule has 92 valence electrons. The number of aryl methyl sites for hydroxylation is 1. The van der Waals surface area contributed by atoms with Gasteiger partial charge in [0.05, 0.1) is 0 Å². The first-order valence-corrected chi connectivity index (χ1v) is 5.94. The maximum atomic E-state index is 9.17. The van der Waals surface area contributed by atoms with Crippen LogP contribution in [-0.2, 0) is 6.54 Å². The summed E-state index contributed by atoms with van der Waals surface area (Å²) >= 11 is 0. The summed E-state index contributed by atoms with van der Waals surface area (Å²) in [7, 11) is 0. The fourth-order valence-corrected chi connectivity index (χ4v) is 2.15. The number of hydrogen-bond donors (Lipinski definition) is 2. The van der Waals surface area contributed by atoms with Crippen LogP contribution in [0.2, 0.25) is 0 Å². The average molecular weight is 234 g/mol. The summed E-state index contributed by atoms with van der Waals surface area (Å²) in [6, 6.07) is 2.31. The first-order valence-electron chi connectivity index (χ1n) is 5.94. The van der Waals surface area contributed by atoms with E-state index in [1.54, 1.807) is 4.68 Å². The highest BCUT2D eigenvalue weighted by atomic mass is 15.4. The normalized spacial score (nSPS) is 19.6. The number of nitrogen functional groups attached to an aromatic ring is 1. The molecule has 1 aromatic rings. The van der Waals surface area contributed by atoms with Gasteiger partial charge in [0.2, 0.25) is 0 Å². The summed E-state index contributed by atoms with van der Waals surface area (Å²) in [5, 5.41) is 13.6. The van der Waals surface area contributed by atoms with Crippen LogP contribution >= 0.6 is 0 Å². The van der Waals surface area contributed by atoms with E-state index in [0.717, 1.165) is 32.5 Å². The minimum absolute atomic E-state index is 0.166. The van der Waals surface area contributed by atoms with Crippen LogP contribution in [0.3, 0.4) is 0 Å². The molecule has 0 spiro atoms. The monoisotopic (exact) mass is 234 g/mol. The lowest BCUT2D eigenvalue weighted by Crippen LogP contribution is -2.27. The van der Waals surface area contributed by atoms with Gasteiger partial charge < -0.3 is 16.4 Å². The number of nitriles is 1. The molecule has 1 aromatic heterocycles. The van der Waals surface area contributed by atoms with Crippen LogP contribution in [0.4, 0.5) is 11.6 Å². The van der Waals surface area contributed by atoms with Gasteiger partial charge in [-0.05, 0) is 12.8 Å². The predicted octanol–water partition coefficient (Wildman–Crippen LogP) is 0.284. The molecule has 0 aromatic carbocycles. The number of nitrogens with zero attached hydrogens (tertiary/aromatic N) is 4. The van der Waals surface area contributed by atoms with Crippen LogP contribution in [0.5, 0.6) is 0 Å². The molecule has 1 atom stereocenters. The zero-order valence-corrected chi connectivity index (χ0v) is 10.1. The molecule has 4 N–H and O–H groups in total. The van der Waals surface area contributed by atoms with Gasteiger partial charge in [0.15, 0.2) is 5.82 Å². The lowest BCUT2D eigenvalue weighted by atomic mass is 10.3. The second-order valence-electron chi connectivity index (χ2n) is 4.41. The second kappa shape index (κ2) is 4.63. The smallest absolute Gasteiger partial charge is 0.170 e. The van der Waals surface area contributed by atoms with Crippen molar-refractivity contribution in [1.82, 2.24) is 9.78 Å². The molecule has 2 rings (SSSR count). The summed E-state index contributed by atoms with van der Waals surface area (Å²) in [4.78, 5) is 2.05. The van der Waals surface area contributed by atoms with Crippen molar-refractivity contribution < 1.29 is 0 Å². The van der Waals surface area contributed by atoms with Crippen molar-refractivity contribution in [2.45, 2.75) is 32.4 Å². The number of anilines is 2. The van der Waals surface area contributed by atoms with Gasteiger partial charge in [-0.2, -0.15) is 10.4 Å². The summed E-state index contributed by atoms with van der Waals surface area (Å²) in [5.74, 6) is 1.15. The third kappa shape index (κ3) is 2.06. The molecule has 1 saturated heterocycles. The Labute approximate surface area is 101 Å². The number of aromatic nitrogens is 2. The molecule has 0 saturated carbocycles. The van der Waals surface area contributed by atoms with Crippen molar-refractivity contribution in [3.63, 3.8) is 0 Å². The van der Waals surface area contributed by atoms with E-state index < -0.39 is 0 Å². The molecular weight excluding hydrogens is 216 g/mol. The minimum atomic E-state index is 0.166. The summed E-state index contributed by atoms with van der Waals surface area (Å²) < 4.78 is 1.71. The molecule has 1 fully saturated rings. The van der Waals surface area contributed by atoms with Gasteiger partial charge in [-0.3, -0.25) is 0 Å². The summed E-state index contributed by atoms with van der Waals surface area (Å²) in [5.41, 5.74) is 12.3. The maximum Gasteiger partial charge on any atom is 0.170 e. The first-order chi connectivity index (χ1) is 8.17. The fourth-order valence-electron chi connectivity index (χ4n) is 2.15. The fraction of sp³-hybridized carbons (Fsp3) is 0.636. The standard InChI is InChI=1S/C11H18N6/c1-2-4-17-10(14)9(6-12)11(15-17)16-5-3-8(13)7-16/h8H,2-5,7,13-14H2,1H3. The van der Waals surface area contributed by atoms with Crippen LogP contribution in [0.15, 0.2) is 0 Å². The topological polar surface area (TPSA) is 96.9 Å². The average Bonchev–Trinajstić information content (AvgIpc) is 2.85. The van der Waals surface area contributed by atoms with Gasteiger partial charge in [0.25, 0.3) is 0 Å². The third-order valence-electron chi connectivity index (χ3n) is 3.04. The molecular formula is C11H18N6. The molecule has 6 nitrogen and oxygen atoms in total. The van der Waals surface area contributed by atoms with Crippen LogP contribution in [0, 0.1) is 11.3 Å². The summed E-state index contributed by atoms with van der Waals surface area (Å²) in [6.45, 7) is 4.38. The predicted molar refractivity (Wildman–Crippen MR) is 66.5 cm³/mol. The van der Waals surface area contributed by atoms with E-state index in [-0.39, 0.29) is 6.04 Å². The zero-order valence-electron chi connectivity index (χ0n) is 10.1. The van der Waals surface area contributed by atoms with Crippen molar-refractivity contribution in [3.8, 4) is 6.07 Å². The molecule has 6 heteroatoms. The Bertz CT molecular complexity index is 444. The Morgan fingerprint density at radius 1 is 1.59 bits per heavy atom. The SMILES string of the molecule is CCCn1nc(N2CCC(N)C2)c(C#N)c1N. The highest BCUT2D eigenvalue weighted by Gasteiger charge is 2.26. The van der Waals surface area contributed by atoms with Crippen molar-refractivity contribution in [3.05, 3.63) is 5.56 Å². The van der Waals surface area contributed by atoms with Gasteiger partial charge in [0.1, 0.15) is 17.5 Å². The van der Waals surface area contributed by atoms with Crippen molar-refractivity contribution in [1.29, 1.82) is 5.26 Å². The van der Waals surface area contributed by atoms with Crippen LogP contribution in [-0.4, -0.2) is 28.9 Å². The second-order valence-corrected chi connectivity index (χ2v) is 4.41. The molecule has 1 aliphatic heterocycles. The lowest BCUT2D eigenvalue weighted by Gasteiger charge is -2.14. The van der Waals surface area contributed by atoms with Gasteiger partial charge in [-0.25, -0.2) is 4.68 Å². The van der Waals surface area contributed by atoms with Gasteiger partial charge in [-0.15, -0.1) is 0 Å². The Hall–Kier alpha value is -1.74. The van der Waals surface area contributed by atoms with Gasteiger partial charge in [0, 0.05) is 25.7 Å². The third-order valence-corrected chi connectivity index (χ3v) is 3.04. The largest absolute Gasteiger partial charge is 0.383 e. The van der Waals surface area contributed by atoms with E-state index in [0.29, 0.717) is 17.2 Å². The van der Waals surface area contributed by atoms with Gasteiger partial charge >= 0.3 is 0 Å². The molecule has 2 heterocycles. The van der Waals surface area contributed by atoms with E-state index in [9.17, 15) is 0 Å². The number of hydrogen-bond acceptors (Lipinski definition) is 5. The van der Waals surface area contributed by atoms with Crippen molar-refractivity contribution in [2.75, 3.05) is 23.7 Å². The molecule has 1 unspecified atom stereocenters. The quantitative estimate of drug-likeness (QED) is 0.783. The number of nitrogens with two attached hydrogens (primary N) is 2. The molecule has 0 radical (unpaired) electrons. The minimum Gasteiger partial charge on any atom is -0.383 e. The zero-order chi connectivity index (χ0) is 12.4. The lowest BCUT2D eigenvalue weighted by molar-refractivity contribution is 0.609. The molecule has 1 aliphatic rings. The number of rotatable bonds is 3. The molecule has 0 aliphatic carbocycles. The van der Waals surface area contributed by atoms with Crippen molar-refractivity contribution in [2.24, 2.45) is 5.73 Å². The van der Waals surface area contributed by atoms with Crippen molar-refractivity contribution >= 4 is 11.6 Å². The first kappa shape index (κ1) is 11.7. The molecule has 0 bridgehead atoms. The molecule has 17 heavy (non-hydrogen) atoms. The van der Waals surface area contributed by atoms with E-state index in [1.165, 1.54) is 0 Å². The van der Waals surface area contributed by atoms with Crippen LogP contribution in [0.25, 0.3) is 0 Å². The van der Waals surface area contributed by atoms with E-state index in [2.05, 4.69) is 18.1 Å². The van der Waals surface area contributed by atoms with E-state index in [4.69, 9.17) is 16.7 Å². The van der Waals surface area contributed by atoms with Crippen LogP contribution in [0.1, 0.15) is 25.3 Å². The highest BCUT2D eigenvalue weighted by Crippen LogP contribution is 2.27.